The molecule has 0 amide bonds. The summed E-state index contributed by atoms with van der Waals surface area (Å²) in [6.45, 7) is 3.10. The second-order valence-corrected chi connectivity index (χ2v) is 3.69. The number of carbonyl (C=O) groups is 1. The van der Waals surface area contributed by atoms with E-state index < -0.39 is 28.8 Å². The van der Waals surface area contributed by atoms with E-state index in [-0.39, 0.29) is 24.2 Å². The highest BCUT2D eigenvalue weighted by Gasteiger charge is 2.25. The minimum Gasteiger partial charge on any atom is -0.466 e. The lowest BCUT2D eigenvalue weighted by atomic mass is 10.1. The molecule has 0 saturated heterocycles. The van der Waals surface area contributed by atoms with Crippen LogP contribution in [0, 0.1) is 17.0 Å². The number of hydrogen-bond donors (Lipinski definition) is 0. The molecule has 0 fully saturated rings. The van der Waals surface area contributed by atoms with Crippen LogP contribution in [0.2, 0.25) is 0 Å². The molecule has 104 valence electrons. The normalized spacial score (nSPS) is 10.6. The molecule has 0 aliphatic rings. The number of nitrogens with zero attached hydrogens (tertiary/aromatic N) is 2. The molecule has 0 aliphatic carbocycles. The molecule has 0 N–H and O–H groups in total. The number of carbonyl (C=O) groups excluding carboxylic acids is 1. The molecule has 0 unspecified atom stereocenters. The third-order valence-corrected chi connectivity index (χ3v) is 2.41. The van der Waals surface area contributed by atoms with Gasteiger partial charge < -0.3 is 14.9 Å². The maximum atomic E-state index is 12.6. The second kappa shape index (κ2) is 6.17. The summed E-state index contributed by atoms with van der Waals surface area (Å²) in [5.41, 5.74) is -0.519. The number of aromatic nitrogens is 1. The zero-order chi connectivity index (χ0) is 14.6. The molecule has 0 spiro atoms. The van der Waals surface area contributed by atoms with Crippen LogP contribution in [0.4, 0.5) is 14.6 Å². The Morgan fingerprint density at radius 3 is 2.68 bits per heavy atom. The molecule has 1 aromatic heterocycles. The largest absolute Gasteiger partial charge is 0.466 e. The van der Waals surface area contributed by atoms with Crippen LogP contribution in [0.3, 0.4) is 0 Å². The monoisotopic (exact) mass is 274 g/mol. The maximum Gasteiger partial charge on any atom is 0.367 e. The van der Waals surface area contributed by atoms with E-state index in [1.54, 1.807) is 6.92 Å². The van der Waals surface area contributed by atoms with Gasteiger partial charge in [-0.15, -0.1) is 0 Å². The van der Waals surface area contributed by atoms with Gasteiger partial charge in [0.1, 0.15) is 0 Å². The van der Waals surface area contributed by atoms with E-state index in [4.69, 9.17) is 0 Å². The SMILES string of the molecule is CCOC(=O)Cc1cc(C(F)F)nc([N+](=O)[O-])c1C. The van der Waals surface area contributed by atoms with Gasteiger partial charge in [-0.1, -0.05) is 0 Å². The van der Waals surface area contributed by atoms with Gasteiger partial charge in [-0.25, -0.2) is 8.78 Å². The summed E-state index contributed by atoms with van der Waals surface area (Å²) in [7, 11) is 0. The van der Waals surface area contributed by atoms with Crippen LogP contribution in [0.25, 0.3) is 0 Å². The lowest BCUT2D eigenvalue weighted by Gasteiger charge is -2.07. The van der Waals surface area contributed by atoms with Crippen LogP contribution in [0.15, 0.2) is 6.07 Å². The third-order valence-electron chi connectivity index (χ3n) is 2.41. The van der Waals surface area contributed by atoms with E-state index >= 15 is 0 Å². The Labute approximate surface area is 107 Å². The first-order valence-electron chi connectivity index (χ1n) is 5.45. The fourth-order valence-electron chi connectivity index (χ4n) is 1.51. The first-order chi connectivity index (χ1) is 8.86. The fraction of sp³-hybridized carbons (Fsp3) is 0.455. The van der Waals surface area contributed by atoms with Gasteiger partial charge in [0.15, 0.2) is 0 Å². The predicted octanol–water partition coefficient (Wildman–Crippen LogP) is 2.34. The first-order valence-corrected chi connectivity index (χ1v) is 5.45. The topological polar surface area (TPSA) is 82.3 Å². The summed E-state index contributed by atoms with van der Waals surface area (Å²) >= 11 is 0. The molecule has 1 aromatic rings. The average Bonchev–Trinajstić information content (AvgIpc) is 2.31. The van der Waals surface area contributed by atoms with Crippen molar-refractivity contribution in [3.63, 3.8) is 0 Å². The standard InChI is InChI=1S/C11H12F2N2O4/c1-3-19-9(16)5-7-4-8(10(12)13)14-11(6(7)2)15(17)18/h4,10H,3,5H2,1-2H3. The molecule has 0 saturated carbocycles. The Balaban J connectivity index is 3.21. The molecule has 6 nitrogen and oxygen atoms in total. The zero-order valence-corrected chi connectivity index (χ0v) is 10.4. The third kappa shape index (κ3) is 3.67. The van der Waals surface area contributed by atoms with Crippen molar-refractivity contribution in [3.05, 3.63) is 33.0 Å². The number of halogens is 2. The Morgan fingerprint density at radius 2 is 2.21 bits per heavy atom. The minimum absolute atomic E-state index is 0.0856. The molecular weight excluding hydrogens is 262 g/mol. The Bertz CT molecular complexity index is 506. The molecule has 8 heteroatoms. The number of hydrogen-bond acceptors (Lipinski definition) is 5. The Morgan fingerprint density at radius 1 is 1.58 bits per heavy atom. The van der Waals surface area contributed by atoms with Crippen LogP contribution in [0.5, 0.6) is 0 Å². The number of ether oxygens (including phenoxy) is 1. The summed E-state index contributed by atoms with van der Waals surface area (Å²) < 4.78 is 29.9. The molecule has 0 atom stereocenters. The van der Waals surface area contributed by atoms with Crippen LogP contribution in [-0.4, -0.2) is 22.5 Å². The van der Waals surface area contributed by atoms with Gasteiger partial charge >= 0.3 is 18.2 Å². The van der Waals surface area contributed by atoms with Crippen molar-refractivity contribution in [2.45, 2.75) is 26.7 Å². The van der Waals surface area contributed by atoms with Crippen molar-refractivity contribution in [1.82, 2.24) is 4.98 Å². The highest BCUT2D eigenvalue weighted by atomic mass is 19.3. The van der Waals surface area contributed by atoms with Gasteiger partial charge in [-0.05, 0) is 35.4 Å². The van der Waals surface area contributed by atoms with Crippen LogP contribution >= 0.6 is 0 Å². The number of esters is 1. The predicted molar refractivity (Wildman–Crippen MR) is 60.9 cm³/mol. The minimum atomic E-state index is -2.94. The summed E-state index contributed by atoms with van der Waals surface area (Å²) in [6, 6.07) is 0.990. The summed E-state index contributed by atoms with van der Waals surface area (Å²) in [6.07, 6.45) is -3.25. The van der Waals surface area contributed by atoms with E-state index in [9.17, 15) is 23.7 Å². The summed E-state index contributed by atoms with van der Waals surface area (Å²) in [5.74, 6) is -1.30. The van der Waals surface area contributed by atoms with Gasteiger partial charge in [0, 0.05) is 0 Å². The van der Waals surface area contributed by atoms with Gasteiger partial charge in [0.05, 0.1) is 18.6 Å². The van der Waals surface area contributed by atoms with Crippen LogP contribution < -0.4 is 0 Å². The molecule has 1 heterocycles. The van der Waals surface area contributed by atoms with Crippen LogP contribution in [-0.2, 0) is 16.0 Å². The number of rotatable bonds is 5. The molecule has 0 aromatic carbocycles. The van der Waals surface area contributed by atoms with E-state index in [2.05, 4.69) is 9.72 Å². The molecule has 0 bridgehead atoms. The molecular formula is C11H12F2N2O4. The van der Waals surface area contributed by atoms with E-state index in [0.717, 1.165) is 6.07 Å². The maximum absolute atomic E-state index is 12.6. The van der Waals surface area contributed by atoms with Gasteiger partial charge in [0.2, 0.25) is 5.69 Å². The number of nitro groups is 1. The van der Waals surface area contributed by atoms with Crippen molar-refractivity contribution >= 4 is 11.8 Å². The highest BCUT2D eigenvalue weighted by molar-refractivity contribution is 5.73. The lowest BCUT2D eigenvalue weighted by molar-refractivity contribution is -0.390. The van der Waals surface area contributed by atoms with Crippen molar-refractivity contribution in [1.29, 1.82) is 0 Å². The first kappa shape index (κ1) is 14.9. The summed E-state index contributed by atoms with van der Waals surface area (Å²) in [4.78, 5) is 24.5. The molecule has 1 rings (SSSR count). The van der Waals surface area contributed by atoms with Crippen molar-refractivity contribution in [2.24, 2.45) is 0 Å². The summed E-state index contributed by atoms with van der Waals surface area (Å²) in [5, 5.41) is 10.7. The molecule has 19 heavy (non-hydrogen) atoms. The second-order valence-electron chi connectivity index (χ2n) is 3.69. The van der Waals surface area contributed by atoms with E-state index in [0.29, 0.717) is 0 Å². The molecule has 0 aliphatic heterocycles. The Kier molecular flexibility index (Phi) is 4.85. The average molecular weight is 274 g/mol. The number of alkyl halides is 2. The van der Waals surface area contributed by atoms with Gasteiger partial charge in [0.25, 0.3) is 0 Å². The fourth-order valence-corrected chi connectivity index (χ4v) is 1.51. The Hall–Kier alpha value is -2.12. The molecule has 0 radical (unpaired) electrons. The lowest BCUT2D eigenvalue weighted by Crippen LogP contribution is -2.11. The van der Waals surface area contributed by atoms with Gasteiger partial charge in [-0.3, -0.25) is 4.79 Å². The smallest absolute Gasteiger partial charge is 0.367 e. The highest BCUT2D eigenvalue weighted by Crippen LogP contribution is 2.26. The zero-order valence-electron chi connectivity index (χ0n) is 10.4. The van der Waals surface area contributed by atoms with E-state index in [1.807, 2.05) is 0 Å². The quantitative estimate of drug-likeness (QED) is 0.467. The van der Waals surface area contributed by atoms with Crippen molar-refractivity contribution in [2.75, 3.05) is 6.61 Å². The van der Waals surface area contributed by atoms with Crippen LogP contribution in [0.1, 0.15) is 30.2 Å². The number of pyridine rings is 1. The van der Waals surface area contributed by atoms with Crippen molar-refractivity contribution in [3.8, 4) is 0 Å². The van der Waals surface area contributed by atoms with Crippen molar-refractivity contribution < 1.29 is 23.2 Å². The van der Waals surface area contributed by atoms with Gasteiger partial charge in [-0.2, -0.15) is 0 Å². The van der Waals surface area contributed by atoms with E-state index in [1.165, 1.54) is 6.92 Å².